The van der Waals surface area contributed by atoms with Crippen molar-refractivity contribution in [3.63, 3.8) is 0 Å². The van der Waals surface area contributed by atoms with Crippen molar-refractivity contribution in [2.75, 3.05) is 13.7 Å². The van der Waals surface area contributed by atoms with Crippen LogP contribution in [0.4, 0.5) is 0 Å². The molecule has 0 heterocycles. The van der Waals surface area contributed by atoms with Gasteiger partial charge in [-0.05, 0) is 6.42 Å². The second-order valence-electron chi connectivity index (χ2n) is 2.59. The lowest BCUT2D eigenvalue weighted by atomic mass is 10.3. The largest absolute Gasteiger partial charge is 0.469 e. The highest BCUT2D eigenvalue weighted by Gasteiger charge is 2.19. The van der Waals surface area contributed by atoms with Crippen LogP contribution < -0.4 is 0 Å². The number of carbonyl (C=O) groups excluding carboxylic acids is 3. The molecule has 0 aliphatic rings. The van der Waals surface area contributed by atoms with Crippen molar-refractivity contribution >= 4 is 18.4 Å². The number of hydrogen-bond acceptors (Lipinski definition) is 6. The molecule has 0 aromatic carbocycles. The summed E-state index contributed by atoms with van der Waals surface area (Å²) < 4.78 is 13.4. The van der Waals surface area contributed by atoms with E-state index in [2.05, 4.69) is 14.2 Å². The van der Waals surface area contributed by atoms with Gasteiger partial charge >= 0.3 is 18.4 Å². The van der Waals surface area contributed by atoms with E-state index in [1.165, 1.54) is 13.6 Å². The van der Waals surface area contributed by atoms with Gasteiger partial charge in [-0.15, -0.1) is 0 Å². The first kappa shape index (κ1) is 13.4. The van der Waals surface area contributed by atoms with Gasteiger partial charge in [0.2, 0.25) is 0 Å². The third-order valence-corrected chi connectivity index (χ3v) is 1.60. The van der Waals surface area contributed by atoms with Gasteiger partial charge in [0.15, 0.2) is 6.10 Å². The summed E-state index contributed by atoms with van der Waals surface area (Å²) in [6, 6.07) is 0. The van der Waals surface area contributed by atoms with Gasteiger partial charge in [-0.1, -0.05) is 6.92 Å². The van der Waals surface area contributed by atoms with Crippen molar-refractivity contribution in [1.29, 1.82) is 0 Å². The highest BCUT2D eigenvalue weighted by atomic mass is 16.6. The summed E-state index contributed by atoms with van der Waals surface area (Å²) in [5.74, 6) is -1.16. The van der Waals surface area contributed by atoms with Crippen molar-refractivity contribution in [2.45, 2.75) is 25.9 Å². The van der Waals surface area contributed by atoms with E-state index in [0.717, 1.165) is 0 Å². The zero-order valence-corrected chi connectivity index (χ0v) is 8.65. The van der Waals surface area contributed by atoms with Gasteiger partial charge in [0.25, 0.3) is 0 Å². The fourth-order valence-electron chi connectivity index (χ4n) is 0.786. The second kappa shape index (κ2) is 7.78. The normalized spacial score (nSPS) is 11.3. The van der Waals surface area contributed by atoms with Crippen LogP contribution in [0.2, 0.25) is 0 Å². The monoisotopic (exact) mass is 217 g/mol. The van der Waals surface area contributed by atoms with E-state index in [1.54, 1.807) is 6.92 Å². The maximum atomic E-state index is 11.2. The molecule has 0 fully saturated rings. The zero-order chi connectivity index (χ0) is 11.7. The number of rotatable bonds is 7. The molecule has 1 unspecified atom stereocenters. The molecule has 1 radical (unpaired) electrons. The number of ether oxygens (including phenoxy) is 3. The molecule has 0 aliphatic carbocycles. The third-order valence-electron chi connectivity index (χ3n) is 1.60. The minimum Gasteiger partial charge on any atom is -0.469 e. The van der Waals surface area contributed by atoms with E-state index in [4.69, 9.17) is 0 Å². The van der Waals surface area contributed by atoms with Crippen molar-refractivity contribution in [1.82, 2.24) is 0 Å². The summed E-state index contributed by atoms with van der Waals surface area (Å²) in [6.07, 6.45) is -0.685. The SMILES string of the molecule is CCC(O[C]=O)C(=O)OCCC(=O)OC. The maximum Gasteiger partial charge on any atom is 0.418 e. The minimum atomic E-state index is -0.958. The van der Waals surface area contributed by atoms with Crippen molar-refractivity contribution < 1.29 is 28.6 Å². The quantitative estimate of drug-likeness (QED) is 0.439. The molecule has 0 aromatic rings. The lowest BCUT2D eigenvalue weighted by molar-refractivity contribution is -0.154. The molecule has 0 N–H and O–H groups in total. The van der Waals surface area contributed by atoms with E-state index >= 15 is 0 Å². The first-order valence-corrected chi connectivity index (χ1v) is 4.41. The Bertz CT molecular complexity index is 225. The topological polar surface area (TPSA) is 78.9 Å². The van der Waals surface area contributed by atoms with Gasteiger partial charge in [-0.25, -0.2) is 9.59 Å². The Morgan fingerprint density at radius 1 is 1.40 bits per heavy atom. The molecule has 1 atom stereocenters. The standard InChI is InChI=1S/C9H13O6/c1-3-7(15-6-10)9(12)14-5-4-8(11)13-2/h7H,3-5H2,1-2H3. The molecular formula is C9H13O6. The molecule has 0 bridgehead atoms. The first-order valence-electron chi connectivity index (χ1n) is 4.41. The zero-order valence-electron chi connectivity index (χ0n) is 8.65. The molecule has 0 aliphatic heterocycles. The average molecular weight is 217 g/mol. The molecular weight excluding hydrogens is 204 g/mol. The van der Waals surface area contributed by atoms with Crippen LogP contribution >= 0.6 is 0 Å². The number of methoxy groups -OCH3 is 1. The van der Waals surface area contributed by atoms with Gasteiger partial charge in [0, 0.05) is 0 Å². The van der Waals surface area contributed by atoms with E-state index in [1.807, 2.05) is 0 Å². The summed E-state index contributed by atoms with van der Waals surface area (Å²) in [5, 5.41) is 0. The van der Waals surface area contributed by atoms with Gasteiger partial charge in [0.1, 0.15) is 6.61 Å². The lowest BCUT2D eigenvalue weighted by Crippen LogP contribution is -2.26. The third kappa shape index (κ3) is 5.66. The molecule has 0 saturated heterocycles. The minimum absolute atomic E-state index is 0.0243. The van der Waals surface area contributed by atoms with Crippen LogP contribution in [0.1, 0.15) is 19.8 Å². The predicted octanol–water partition coefficient (Wildman–Crippen LogP) is -0.0449. The van der Waals surface area contributed by atoms with Crippen LogP contribution in [0.5, 0.6) is 0 Å². The number of esters is 2. The molecule has 15 heavy (non-hydrogen) atoms. The van der Waals surface area contributed by atoms with E-state index in [-0.39, 0.29) is 13.0 Å². The Morgan fingerprint density at radius 2 is 2.07 bits per heavy atom. The van der Waals surface area contributed by atoms with Crippen LogP contribution in [0.15, 0.2) is 0 Å². The molecule has 0 saturated carbocycles. The second-order valence-corrected chi connectivity index (χ2v) is 2.59. The Labute approximate surface area is 87.5 Å². The van der Waals surface area contributed by atoms with Crippen LogP contribution in [0, 0.1) is 0 Å². The Hall–Kier alpha value is -1.59. The first-order chi connectivity index (χ1) is 7.15. The molecule has 0 spiro atoms. The number of carbonyl (C=O) groups is 2. The Morgan fingerprint density at radius 3 is 2.53 bits per heavy atom. The van der Waals surface area contributed by atoms with Gasteiger partial charge < -0.3 is 14.2 Å². The van der Waals surface area contributed by atoms with Gasteiger partial charge in [0.05, 0.1) is 13.5 Å². The van der Waals surface area contributed by atoms with Gasteiger partial charge in [-0.3, -0.25) is 4.79 Å². The summed E-state index contributed by atoms with van der Waals surface area (Å²) >= 11 is 0. The lowest BCUT2D eigenvalue weighted by Gasteiger charge is -2.10. The fourth-order valence-corrected chi connectivity index (χ4v) is 0.786. The smallest absolute Gasteiger partial charge is 0.418 e. The average Bonchev–Trinajstić information content (AvgIpc) is 2.25. The van der Waals surface area contributed by atoms with Crippen molar-refractivity contribution in [2.24, 2.45) is 0 Å². The van der Waals surface area contributed by atoms with Crippen LogP contribution in [-0.2, 0) is 28.6 Å². The van der Waals surface area contributed by atoms with E-state index in [0.29, 0.717) is 6.42 Å². The highest BCUT2D eigenvalue weighted by Crippen LogP contribution is 2.00. The molecule has 6 heteroatoms. The maximum absolute atomic E-state index is 11.2. The summed E-state index contributed by atoms with van der Waals surface area (Å²) in [5.41, 5.74) is 0. The predicted molar refractivity (Wildman–Crippen MR) is 48.4 cm³/mol. The van der Waals surface area contributed by atoms with E-state index in [9.17, 15) is 14.4 Å². The molecule has 6 nitrogen and oxygen atoms in total. The fraction of sp³-hybridized carbons (Fsp3) is 0.667. The van der Waals surface area contributed by atoms with Crippen LogP contribution in [0.25, 0.3) is 0 Å². The summed E-state index contributed by atoms with van der Waals surface area (Å²) in [6.45, 7) is 2.73. The van der Waals surface area contributed by atoms with Crippen LogP contribution in [-0.4, -0.2) is 38.2 Å². The molecule has 0 amide bonds. The van der Waals surface area contributed by atoms with Crippen molar-refractivity contribution in [3.8, 4) is 0 Å². The molecule has 85 valence electrons. The summed E-state index contributed by atoms with van der Waals surface area (Å²) in [4.78, 5) is 31.7. The Kier molecular flexibility index (Phi) is 6.96. The molecule has 0 rings (SSSR count). The highest BCUT2D eigenvalue weighted by molar-refractivity contribution is 5.76. The summed E-state index contributed by atoms with van der Waals surface area (Å²) in [7, 11) is 1.24. The van der Waals surface area contributed by atoms with Crippen molar-refractivity contribution in [3.05, 3.63) is 0 Å². The van der Waals surface area contributed by atoms with E-state index < -0.39 is 18.0 Å². The van der Waals surface area contributed by atoms with Crippen LogP contribution in [0.3, 0.4) is 0 Å². The molecule has 0 aromatic heterocycles. The Balaban J connectivity index is 3.80. The van der Waals surface area contributed by atoms with Gasteiger partial charge in [-0.2, -0.15) is 0 Å². The number of hydrogen-bond donors (Lipinski definition) is 0.